The lowest BCUT2D eigenvalue weighted by Crippen LogP contribution is -2.33. The van der Waals surface area contributed by atoms with Gasteiger partial charge in [0, 0.05) is 18.7 Å². The lowest BCUT2D eigenvalue weighted by molar-refractivity contribution is -0.112. The summed E-state index contributed by atoms with van der Waals surface area (Å²) in [6.45, 7) is 4.46. The van der Waals surface area contributed by atoms with E-state index in [1.165, 1.54) is 5.56 Å². The predicted octanol–water partition coefficient (Wildman–Crippen LogP) is 1.01. The lowest BCUT2D eigenvalue weighted by Gasteiger charge is -2.29. The number of aromatic nitrogens is 1. The number of nitrogens with zero attached hydrogens (tertiary/aromatic N) is 2. The molecule has 0 atom stereocenters. The van der Waals surface area contributed by atoms with Crippen LogP contribution in [-0.2, 0) is 11.3 Å². The van der Waals surface area contributed by atoms with Crippen LogP contribution in [0.25, 0.3) is 0 Å². The summed E-state index contributed by atoms with van der Waals surface area (Å²) >= 11 is 0. The van der Waals surface area contributed by atoms with Gasteiger partial charge in [-0.3, -0.25) is 4.90 Å². The highest BCUT2D eigenvalue weighted by molar-refractivity contribution is 6.52. The first-order valence-electron chi connectivity index (χ1n) is 6.74. The van der Waals surface area contributed by atoms with E-state index in [1.54, 1.807) is 13.0 Å². The zero-order valence-electron chi connectivity index (χ0n) is 11.2. The van der Waals surface area contributed by atoms with Crippen molar-refractivity contribution >= 4 is 19.2 Å². The summed E-state index contributed by atoms with van der Waals surface area (Å²) < 4.78 is 0. The van der Waals surface area contributed by atoms with E-state index in [9.17, 15) is 9.82 Å². The molecule has 5 nitrogen and oxygen atoms in total. The van der Waals surface area contributed by atoms with Crippen LogP contribution in [0, 0.1) is 5.92 Å². The predicted molar refractivity (Wildman–Crippen MR) is 75.8 cm³/mol. The molecule has 0 amide bonds. The quantitative estimate of drug-likeness (QED) is 0.611. The fourth-order valence-electron chi connectivity index (χ4n) is 2.37. The number of anilines is 1. The van der Waals surface area contributed by atoms with Crippen LogP contribution in [0.3, 0.4) is 0 Å². The Kier molecular flexibility index (Phi) is 4.93. The largest absolute Gasteiger partial charge is 0.433 e. The van der Waals surface area contributed by atoms with Gasteiger partial charge < -0.3 is 15.0 Å². The fourth-order valence-corrected chi connectivity index (χ4v) is 2.37. The topological polar surface area (TPSA) is 65.5 Å². The number of carbonyl (C=O) groups excluding carboxylic acids is 1. The number of pyridine rings is 1. The van der Waals surface area contributed by atoms with Crippen molar-refractivity contribution < 1.29 is 9.82 Å². The normalized spacial score (nSPS) is 17.2. The second-order valence-electron chi connectivity index (χ2n) is 5.12. The Morgan fingerprint density at radius 3 is 2.95 bits per heavy atom. The lowest BCUT2D eigenvalue weighted by atomic mass is 9.89. The summed E-state index contributed by atoms with van der Waals surface area (Å²) in [5.74, 6) is 0.927. The van der Waals surface area contributed by atoms with Gasteiger partial charge in [0.2, 0.25) is 0 Å². The molecule has 1 aliphatic rings. The number of likely N-dealkylation sites (tertiary alicyclic amines) is 1. The number of aldehydes is 1. The van der Waals surface area contributed by atoms with E-state index in [0.717, 1.165) is 38.8 Å². The van der Waals surface area contributed by atoms with Crippen LogP contribution in [0.5, 0.6) is 0 Å². The average Bonchev–Trinajstić information content (AvgIpc) is 2.39. The second-order valence-corrected chi connectivity index (χ2v) is 5.12. The minimum absolute atomic E-state index is 0.237. The minimum Gasteiger partial charge on any atom is -0.433 e. The van der Waals surface area contributed by atoms with E-state index in [0.29, 0.717) is 5.82 Å². The van der Waals surface area contributed by atoms with Crippen LogP contribution in [0.1, 0.15) is 18.4 Å². The number of piperidine rings is 1. The summed E-state index contributed by atoms with van der Waals surface area (Å²) in [5.41, 5.74) is 1.17. The summed E-state index contributed by atoms with van der Waals surface area (Å²) in [6.07, 6.45) is 4.73. The Labute approximate surface area is 114 Å². The molecule has 0 saturated carbocycles. The Morgan fingerprint density at radius 1 is 1.58 bits per heavy atom. The number of nitrogens with one attached hydrogen (secondary N) is 1. The van der Waals surface area contributed by atoms with Crippen LogP contribution in [0.15, 0.2) is 18.3 Å². The number of rotatable bonds is 5. The first-order chi connectivity index (χ1) is 9.17. The number of hydrogen-bond donors (Lipinski definition) is 2. The third-order valence-corrected chi connectivity index (χ3v) is 3.41. The fraction of sp³-hybridized carbons (Fsp3) is 0.538. The molecule has 2 rings (SSSR count). The van der Waals surface area contributed by atoms with Gasteiger partial charge in [-0.1, -0.05) is 0 Å². The zero-order chi connectivity index (χ0) is 13.7. The first-order valence-corrected chi connectivity index (χ1v) is 6.74. The van der Waals surface area contributed by atoms with E-state index < -0.39 is 7.05 Å². The van der Waals surface area contributed by atoms with Crippen LogP contribution in [-0.4, -0.2) is 41.3 Å². The maximum atomic E-state index is 10.7. The molecule has 1 fully saturated rings. The van der Waals surface area contributed by atoms with Gasteiger partial charge in [-0.2, -0.15) is 0 Å². The molecule has 0 aromatic carbocycles. The van der Waals surface area contributed by atoms with Gasteiger partial charge in [0.1, 0.15) is 12.1 Å². The van der Waals surface area contributed by atoms with Crippen molar-refractivity contribution in [2.24, 2.45) is 5.92 Å². The van der Waals surface area contributed by atoms with Crippen molar-refractivity contribution in [2.45, 2.75) is 26.2 Å². The van der Waals surface area contributed by atoms with Gasteiger partial charge in [-0.15, -0.1) is 0 Å². The smallest absolute Gasteiger partial charge is 0.408 e. The molecular formula is C13H20BN3O2. The van der Waals surface area contributed by atoms with Crippen LogP contribution < -0.4 is 5.23 Å². The van der Waals surface area contributed by atoms with Gasteiger partial charge in [0.25, 0.3) is 0 Å². The Hall–Kier alpha value is -1.40. The standard InChI is InChI=1S/C13H20BN3O2/c1-14(19)16-13-8-12(2-5-15-13)9-17-6-3-11(10-18)4-7-17/h2,5,8,10-11,19H,3-4,6-7,9H2,1H3,(H,15,16). The van der Waals surface area contributed by atoms with Crippen molar-refractivity contribution in [1.29, 1.82) is 0 Å². The maximum absolute atomic E-state index is 10.7. The van der Waals surface area contributed by atoms with Crippen LogP contribution >= 0.6 is 0 Å². The maximum Gasteiger partial charge on any atom is 0.408 e. The summed E-state index contributed by atoms with van der Waals surface area (Å²) in [7, 11) is -0.605. The second kappa shape index (κ2) is 6.68. The number of hydrogen-bond acceptors (Lipinski definition) is 5. The number of carbonyl (C=O) groups is 1. The van der Waals surface area contributed by atoms with Gasteiger partial charge in [0.05, 0.1) is 0 Å². The monoisotopic (exact) mass is 261 g/mol. The van der Waals surface area contributed by atoms with Crippen molar-refractivity contribution in [3.63, 3.8) is 0 Å². The van der Waals surface area contributed by atoms with E-state index >= 15 is 0 Å². The van der Waals surface area contributed by atoms with Gasteiger partial charge in [-0.05, 0) is 50.5 Å². The molecule has 1 aliphatic heterocycles. The molecular weight excluding hydrogens is 241 g/mol. The molecule has 1 aromatic heterocycles. The molecule has 1 saturated heterocycles. The van der Waals surface area contributed by atoms with Gasteiger partial charge in [-0.25, -0.2) is 4.98 Å². The Bertz CT molecular complexity index is 420. The van der Waals surface area contributed by atoms with E-state index in [4.69, 9.17) is 0 Å². The molecule has 102 valence electrons. The van der Waals surface area contributed by atoms with Crippen molar-refractivity contribution in [3.8, 4) is 0 Å². The minimum atomic E-state index is -0.605. The molecule has 2 N–H and O–H groups in total. The Morgan fingerprint density at radius 2 is 2.32 bits per heavy atom. The molecule has 2 heterocycles. The van der Waals surface area contributed by atoms with Gasteiger partial charge in [0.15, 0.2) is 0 Å². The van der Waals surface area contributed by atoms with Crippen LogP contribution in [0.2, 0.25) is 6.82 Å². The molecule has 0 spiro atoms. The van der Waals surface area contributed by atoms with Crippen molar-refractivity contribution in [1.82, 2.24) is 9.88 Å². The summed E-state index contributed by atoms with van der Waals surface area (Å²) in [4.78, 5) is 17.2. The van der Waals surface area contributed by atoms with Crippen LogP contribution in [0.4, 0.5) is 5.82 Å². The molecule has 0 unspecified atom stereocenters. The zero-order valence-corrected chi connectivity index (χ0v) is 11.2. The van der Waals surface area contributed by atoms with Crippen molar-refractivity contribution in [3.05, 3.63) is 23.9 Å². The third-order valence-electron chi connectivity index (χ3n) is 3.41. The Balaban J connectivity index is 1.90. The highest BCUT2D eigenvalue weighted by Gasteiger charge is 2.18. The average molecular weight is 261 g/mol. The van der Waals surface area contributed by atoms with Gasteiger partial charge >= 0.3 is 7.05 Å². The molecule has 6 heteroatoms. The van der Waals surface area contributed by atoms with E-state index in [-0.39, 0.29) is 5.92 Å². The van der Waals surface area contributed by atoms with E-state index in [1.807, 2.05) is 12.1 Å². The molecule has 1 aromatic rings. The molecule has 0 bridgehead atoms. The third kappa shape index (κ3) is 4.33. The first kappa shape index (κ1) is 14.0. The molecule has 0 radical (unpaired) electrons. The highest BCUT2D eigenvalue weighted by Crippen LogP contribution is 2.18. The SMILES string of the molecule is CB(O)Nc1cc(CN2CCC(C=O)CC2)ccn1. The van der Waals surface area contributed by atoms with Crippen molar-refractivity contribution in [2.75, 3.05) is 18.3 Å². The molecule has 0 aliphatic carbocycles. The summed E-state index contributed by atoms with van der Waals surface area (Å²) in [6, 6.07) is 3.94. The summed E-state index contributed by atoms with van der Waals surface area (Å²) in [5, 5.41) is 12.2. The highest BCUT2D eigenvalue weighted by atomic mass is 16.2. The molecule has 19 heavy (non-hydrogen) atoms. The van der Waals surface area contributed by atoms with E-state index in [2.05, 4.69) is 15.1 Å².